The quantitative estimate of drug-likeness (QED) is 0.602. The SMILES string of the molecule is CC(NC(=O)OCc1ccccc1)C(=O)C(N)CS(=O)(=O)O. The largest absolute Gasteiger partial charge is 0.445 e. The molecule has 0 heterocycles. The first-order valence-corrected chi connectivity index (χ1v) is 8.01. The lowest BCUT2D eigenvalue weighted by atomic mass is 10.1. The second-order valence-corrected chi connectivity index (χ2v) is 6.18. The topological polar surface area (TPSA) is 136 Å². The van der Waals surface area contributed by atoms with E-state index in [-0.39, 0.29) is 6.61 Å². The Morgan fingerprint density at radius 3 is 2.45 bits per heavy atom. The molecule has 8 nitrogen and oxygen atoms in total. The van der Waals surface area contributed by atoms with Gasteiger partial charge in [-0.25, -0.2) is 4.79 Å². The van der Waals surface area contributed by atoms with Crippen LogP contribution in [0.3, 0.4) is 0 Å². The number of nitrogens with one attached hydrogen (secondary N) is 1. The number of carbonyl (C=O) groups excluding carboxylic acids is 2. The molecule has 9 heteroatoms. The minimum Gasteiger partial charge on any atom is -0.445 e. The Morgan fingerprint density at radius 1 is 1.32 bits per heavy atom. The van der Waals surface area contributed by atoms with Gasteiger partial charge in [-0.15, -0.1) is 0 Å². The molecule has 0 fully saturated rings. The first-order chi connectivity index (χ1) is 10.2. The molecule has 0 aliphatic rings. The molecule has 1 aromatic rings. The van der Waals surface area contributed by atoms with Gasteiger partial charge in [-0.3, -0.25) is 9.35 Å². The zero-order valence-corrected chi connectivity index (χ0v) is 12.7. The molecule has 2 atom stereocenters. The fourth-order valence-corrected chi connectivity index (χ4v) is 2.26. The maximum Gasteiger partial charge on any atom is 0.408 e. The molecule has 0 aliphatic carbocycles. The van der Waals surface area contributed by atoms with Crippen molar-refractivity contribution in [1.82, 2.24) is 5.32 Å². The number of carbonyl (C=O) groups is 2. The monoisotopic (exact) mass is 330 g/mol. The van der Waals surface area contributed by atoms with E-state index in [1.165, 1.54) is 6.92 Å². The molecule has 0 aromatic heterocycles. The van der Waals surface area contributed by atoms with E-state index in [0.717, 1.165) is 5.56 Å². The van der Waals surface area contributed by atoms with Crippen LogP contribution in [-0.4, -0.2) is 42.7 Å². The van der Waals surface area contributed by atoms with Crippen molar-refractivity contribution in [3.63, 3.8) is 0 Å². The fraction of sp³-hybridized carbons (Fsp3) is 0.385. The molecule has 0 bridgehead atoms. The highest BCUT2D eigenvalue weighted by molar-refractivity contribution is 7.85. The van der Waals surface area contributed by atoms with Crippen LogP contribution in [0.2, 0.25) is 0 Å². The Kier molecular flexibility index (Phi) is 6.47. The van der Waals surface area contributed by atoms with Crippen LogP contribution in [0, 0.1) is 0 Å². The average Bonchev–Trinajstić information content (AvgIpc) is 2.43. The number of amides is 1. The van der Waals surface area contributed by atoms with Gasteiger partial charge in [-0.2, -0.15) is 8.42 Å². The van der Waals surface area contributed by atoms with Crippen molar-refractivity contribution < 1.29 is 27.3 Å². The summed E-state index contributed by atoms with van der Waals surface area (Å²) < 4.78 is 34.9. The minimum atomic E-state index is -4.37. The summed E-state index contributed by atoms with van der Waals surface area (Å²) in [6.07, 6.45) is -0.830. The van der Waals surface area contributed by atoms with Gasteiger partial charge in [-0.05, 0) is 12.5 Å². The molecular formula is C13H18N2O6S. The molecule has 0 spiro atoms. The molecular weight excluding hydrogens is 312 g/mol. The Bertz CT molecular complexity index is 617. The number of Topliss-reactive ketones (excluding diaryl/α,β-unsaturated/α-hetero) is 1. The van der Waals surface area contributed by atoms with Gasteiger partial charge < -0.3 is 15.8 Å². The fourth-order valence-electron chi connectivity index (χ4n) is 1.64. The predicted molar refractivity (Wildman–Crippen MR) is 78.6 cm³/mol. The van der Waals surface area contributed by atoms with Gasteiger partial charge in [0.2, 0.25) is 0 Å². The highest BCUT2D eigenvalue weighted by Crippen LogP contribution is 2.01. The van der Waals surface area contributed by atoms with Gasteiger partial charge in [-0.1, -0.05) is 30.3 Å². The molecule has 0 saturated heterocycles. The normalized spacial score (nSPS) is 14.0. The number of benzene rings is 1. The molecule has 22 heavy (non-hydrogen) atoms. The summed E-state index contributed by atoms with van der Waals surface area (Å²) in [5, 5.41) is 2.25. The van der Waals surface area contributed by atoms with E-state index >= 15 is 0 Å². The van der Waals surface area contributed by atoms with E-state index in [9.17, 15) is 18.0 Å². The van der Waals surface area contributed by atoms with Gasteiger partial charge in [0.05, 0.1) is 17.8 Å². The molecule has 1 amide bonds. The average molecular weight is 330 g/mol. The summed E-state index contributed by atoms with van der Waals surface area (Å²) in [7, 11) is -4.37. The van der Waals surface area contributed by atoms with Gasteiger partial charge in [0.15, 0.2) is 5.78 Å². The lowest BCUT2D eigenvalue weighted by Crippen LogP contribution is -2.49. The van der Waals surface area contributed by atoms with Gasteiger partial charge in [0.25, 0.3) is 10.1 Å². The second-order valence-electron chi connectivity index (χ2n) is 4.69. The van der Waals surface area contributed by atoms with Gasteiger partial charge in [0.1, 0.15) is 6.61 Å². The van der Waals surface area contributed by atoms with E-state index in [4.69, 9.17) is 15.0 Å². The number of ether oxygens (including phenoxy) is 1. The van der Waals surface area contributed by atoms with Crippen molar-refractivity contribution in [1.29, 1.82) is 0 Å². The van der Waals surface area contributed by atoms with Crippen LogP contribution in [0.4, 0.5) is 4.79 Å². The number of hydrogen-bond donors (Lipinski definition) is 3. The molecule has 0 radical (unpaired) electrons. The summed E-state index contributed by atoms with van der Waals surface area (Å²) in [5.74, 6) is -1.63. The number of alkyl carbamates (subject to hydrolysis) is 1. The third-order valence-corrected chi connectivity index (χ3v) is 3.51. The Hall–Kier alpha value is -1.97. The zero-order chi connectivity index (χ0) is 16.8. The molecule has 1 aromatic carbocycles. The molecule has 4 N–H and O–H groups in total. The van der Waals surface area contributed by atoms with Crippen LogP contribution in [-0.2, 0) is 26.3 Å². The van der Waals surface area contributed by atoms with Crippen LogP contribution in [0.25, 0.3) is 0 Å². The Balaban J connectivity index is 2.44. The third kappa shape index (κ3) is 6.66. The van der Waals surface area contributed by atoms with Crippen molar-refractivity contribution in [2.24, 2.45) is 5.73 Å². The highest BCUT2D eigenvalue weighted by atomic mass is 32.2. The second kappa shape index (κ2) is 7.87. The first kappa shape index (κ1) is 18.1. The smallest absolute Gasteiger partial charge is 0.408 e. The maximum atomic E-state index is 11.8. The summed E-state index contributed by atoms with van der Waals surface area (Å²) >= 11 is 0. The zero-order valence-electron chi connectivity index (χ0n) is 11.9. The summed E-state index contributed by atoms with van der Waals surface area (Å²) in [6, 6.07) is 6.46. The number of ketones is 1. The van der Waals surface area contributed by atoms with Crippen molar-refractivity contribution in [2.45, 2.75) is 25.6 Å². The Labute approximate surface area is 128 Å². The van der Waals surface area contributed by atoms with Crippen LogP contribution in [0.1, 0.15) is 12.5 Å². The van der Waals surface area contributed by atoms with Crippen LogP contribution in [0.15, 0.2) is 30.3 Å². The number of hydrogen-bond acceptors (Lipinski definition) is 6. The van der Waals surface area contributed by atoms with Crippen LogP contribution >= 0.6 is 0 Å². The summed E-state index contributed by atoms with van der Waals surface area (Å²) in [4.78, 5) is 23.3. The van der Waals surface area contributed by atoms with E-state index in [1.54, 1.807) is 24.3 Å². The van der Waals surface area contributed by atoms with Crippen LogP contribution in [0.5, 0.6) is 0 Å². The van der Waals surface area contributed by atoms with E-state index in [1.807, 2.05) is 6.07 Å². The Morgan fingerprint density at radius 2 is 1.91 bits per heavy atom. The van der Waals surface area contributed by atoms with Crippen molar-refractivity contribution >= 4 is 22.0 Å². The highest BCUT2D eigenvalue weighted by Gasteiger charge is 2.26. The lowest BCUT2D eigenvalue weighted by molar-refractivity contribution is -0.121. The predicted octanol–water partition coefficient (Wildman–Crippen LogP) is 0.0855. The van der Waals surface area contributed by atoms with Crippen molar-refractivity contribution in [3.8, 4) is 0 Å². The minimum absolute atomic E-state index is 0.0324. The van der Waals surface area contributed by atoms with E-state index < -0.39 is 39.8 Å². The van der Waals surface area contributed by atoms with Gasteiger partial charge in [0, 0.05) is 0 Å². The molecule has 122 valence electrons. The van der Waals surface area contributed by atoms with Gasteiger partial charge >= 0.3 is 6.09 Å². The maximum absolute atomic E-state index is 11.8. The molecule has 2 unspecified atom stereocenters. The van der Waals surface area contributed by atoms with E-state index in [2.05, 4.69) is 5.32 Å². The summed E-state index contributed by atoms with van der Waals surface area (Å²) in [6.45, 7) is 1.38. The standard InChI is InChI=1S/C13H18N2O6S/c1-9(12(16)11(14)8-22(18,19)20)15-13(17)21-7-10-5-3-2-4-6-10/h2-6,9,11H,7-8,14H2,1H3,(H,15,17)(H,18,19,20). The third-order valence-electron chi connectivity index (χ3n) is 2.73. The molecule has 1 rings (SSSR count). The lowest BCUT2D eigenvalue weighted by Gasteiger charge is -2.16. The number of nitrogens with two attached hydrogens (primary N) is 1. The summed E-state index contributed by atoms with van der Waals surface area (Å²) in [5.41, 5.74) is 6.14. The molecule has 0 saturated carbocycles. The molecule has 0 aliphatic heterocycles. The number of rotatable bonds is 7. The van der Waals surface area contributed by atoms with Crippen molar-refractivity contribution in [2.75, 3.05) is 5.75 Å². The first-order valence-electron chi connectivity index (χ1n) is 6.40. The van der Waals surface area contributed by atoms with Crippen molar-refractivity contribution in [3.05, 3.63) is 35.9 Å². The van der Waals surface area contributed by atoms with E-state index in [0.29, 0.717) is 0 Å². The van der Waals surface area contributed by atoms with Crippen LogP contribution < -0.4 is 11.1 Å².